The number of anilines is 1. The van der Waals surface area contributed by atoms with Gasteiger partial charge in [-0.25, -0.2) is 9.78 Å². The van der Waals surface area contributed by atoms with E-state index in [-0.39, 0.29) is 23.1 Å². The van der Waals surface area contributed by atoms with Crippen LogP contribution in [0, 0.1) is 6.92 Å². The van der Waals surface area contributed by atoms with E-state index in [9.17, 15) is 18.3 Å². The van der Waals surface area contributed by atoms with Crippen LogP contribution >= 0.6 is 0 Å². The topological polar surface area (TPSA) is 170 Å². The van der Waals surface area contributed by atoms with Crippen LogP contribution in [-0.4, -0.2) is 59.9 Å². The molecule has 2 aromatic heterocycles. The van der Waals surface area contributed by atoms with Gasteiger partial charge in [0, 0.05) is 12.3 Å². The van der Waals surface area contributed by atoms with Crippen molar-refractivity contribution in [2.24, 2.45) is 0 Å². The summed E-state index contributed by atoms with van der Waals surface area (Å²) in [7, 11) is -2.84. The molecule has 12 nitrogen and oxygen atoms in total. The van der Waals surface area contributed by atoms with Gasteiger partial charge in [-0.3, -0.25) is 4.72 Å². The monoisotopic (exact) mass is 476 g/mol. The zero-order chi connectivity index (χ0) is 24.0. The van der Waals surface area contributed by atoms with Crippen molar-refractivity contribution in [1.29, 1.82) is 0 Å². The maximum Gasteiger partial charge on any atom is 0.374 e. The highest BCUT2D eigenvalue weighted by Gasteiger charge is 2.26. The van der Waals surface area contributed by atoms with Gasteiger partial charge in [0.05, 0.1) is 13.7 Å². The number of aliphatic hydroxyl groups excluding tert-OH is 1. The van der Waals surface area contributed by atoms with Crippen LogP contribution in [0.3, 0.4) is 0 Å². The zero-order valence-corrected chi connectivity index (χ0v) is 18.4. The highest BCUT2D eigenvalue weighted by atomic mass is 32.2. The minimum Gasteiger partial charge on any atom is -0.497 e. The molecule has 0 aliphatic rings. The Morgan fingerprint density at radius 2 is 1.91 bits per heavy atom. The van der Waals surface area contributed by atoms with Gasteiger partial charge in [-0.1, -0.05) is 12.1 Å². The van der Waals surface area contributed by atoms with Crippen molar-refractivity contribution in [2.45, 2.75) is 11.9 Å². The van der Waals surface area contributed by atoms with Gasteiger partial charge in [-0.2, -0.15) is 18.4 Å². The van der Waals surface area contributed by atoms with Crippen LogP contribution in [-0.2, 0) is 10.0 Å². The minimum absolute atomic E-state index is 0.198. The van der Waals surface area contributed by atoms with Crippen molar-refractivity contribution in [2.75, 3.05) is 25.0 Å². The number of aromatic carboxylic acids is 1. The van der Waals surface area contributed by atoms with E-state index in [1.54, 1.807) is 31.2 Å². The average Bonchev–Trinajstić information content (AvgIpc) is 2.79. The summed E-state index contributed by atoms with van der Waals surface area (Å²) in [6.07, 6.45) is 1.36. The molecule has 33 heavy (non-hydrogen) atoms. The number of nitrogens with one attached hydrogen (secondary N) is 1. The highest BCUT2D eigenvalue weighted by molar-refractivity contribution is 7.92. The molecule has 13 heteroatoms. The van der Waals surface area contributed by atoms with Crippen molar-refractivity contribution in [1.82, 2.24) is 15.0 Å². The Bertz CT molecular complexity index is 1250. The van der Waals surface area contributed by atoms with Gasteiger partial charge < -0.3 is 24.4 Å². The fourth-order valence-electron chi connectivity index (χ4n) is 2.50. The summed E-state index contributed by atoms with van der Waals surface area (Å²) in [6, 6.07) is 9.15. The molecule has 0 fully saturated rings. The maximum absolute atomic E-state index is 12.9. The number of methoxy groups -OCH3 is 1. The van der Waals surface area contributed by atoms with Crippen LogP contribution in [0.4, 0.5) is 5.82 Å². The number of hydrogen-bond acceptors (Lipinski definition) is 10. The van der Waals surface area contributed by atoms with Crippen molar-refractivity contribution >= 4 is 21.8 Å². The number of carboxylic acid groups (broad SMARTS) is 1. The third kappa shape index (κ3) is 5.84. The van der Waals surface area contributed by atoms with Gasteiger partial charge in [-0.15, -0.1) is 0 Å². The Kier molecular flexibility index (Phi) is 7.25. The van der Waals surface area contributed by atoms with Gasteiger partial charge in [0.15, 0.2) is 10.8 Å². The van der Waals surface area contributed by atoms with Crippen LogP contribution in [0.25, 0.3) is 0 Å². The summed E-state index contributed by atoms with van der Waals surface area (Å²) in [5.41, 5.74) is 0.742. The first-order valence-electron chi connectivity index (χ1n) is 9.40. The van der Waals surface area contributed by atoms with E-state index in [0.717, 1.165) is 5.56 Å². The third-order valence-electron chi connectivity index (χ3n) is 4.01. The SMILES string of the molecule is COc1cccc(Oc2c(NS(=O)(=O)c3ccc(C)cn3)nc(C(=O)O)nc2OCCO)c1. The Balaban J connectivity index is 2.13. The number of nitrogens with zero attached hydrogens (tertiary/aromatic N) is 3. The Labute approximate surface area is 188 Å². The van der Waals surface area contributed by atoms with Gasteiger partial charge in [0.2, 0.25) is 11.6 Å². The number of sulfonamides is 1. The Morgan fingerprint density at radius 1 is 1.15 bits per heavy atom. The second-order valence-electron chi connectivity index (χ2n) is 6.47. The van der Waals surface area contributed by atoms with Gasteiger partial charge >= 0.3 is 5.97 Å². The number of carboxylic acids is 1. The standard InChI is InChI=1S/C20H20N4O8S/c1-12-6-7-15(21-11-12)33(28,29)24-17-16(32-14-5-3-4-13(10-14)30-2)19(31-9-8-25)23-18(22-17)20(26)27/h3-7,10-11,25H,8-9H2,1-2H3,(H,26,27)(H,22,23,24). The van der Waals surface area contributed by atoms with Gasteiger partial charge in [-0.05, 0) is 30.7 Å². The predicted molar refractivity (Wildman–Crippen MR) is 114 cm³/mol. The molecule has 0 unspecified atom stereocenters. The van der Waals surface area contributed by atoms with Crippen molar-refractivity contribution < 1.29 is 37.6 Å². The van der Waals surface area contributed by atoms with Gasteiger partial charge in [0.1, 0.15) is 18.1 Å². The summed E-state index contributed by atoms with van der Waals surface area (Å²) >= 11 is 0. The normalized spacial score (nSPS) is 11.0. The molecule has 0 aliphatic carbocycles. The van der Waals surface area contributed by atoms with Crippen LogP contribution in [0.5, 0.6) is 23.1 Å². The zero-order valence-electron chi connectivity index (χ0n) is 17.5. The summed E-state index contributed by atoms with van der Waals surface area (Å²) < 4.78 is 44.2. The lowest BCUT2D eigenvalue weighted by molar-refractivity contribution is 0.0681. The maximum atomic E-state index is 12.9. The summed E-state index contributed by atoms with van der Waals surface area (Å²) in [5, 5.41) is 18.2. The van der Waals surface area contributed by atoms with Crippen LogP contribution in [0.1, 0.15) is 16.2 Å². The number of benzene rings is 1. The summed E-state index contributed by atoms with van der Waals surface area (Å²) in [6.45, 7) is 1.06. The van der Waals surface area contributed by atoms with E-state index in [2.05, 4.69) is 19.7 Å². The first-order chi connectivity index (χ1) is 15.7. The molecule has 3 N–H and O–H groups in total. The van der Waals surface area contributed by atoms with E-state index < -0.39 is 40.1 Å². The fraction of sp³-hybridized carbons (Fsp3) is 0.200. The summed E-state index contributed by atoms with van der Waals surface area (Å²) in [5.74, 6) is -2.86. The molecule has 2 heterocycles. The first kappa shape index (κ1) is 23.7. The smallest absolute Gasteiger partial charge is 0.374 e. The number of carbonyl (C=O) groups is 1. The lowest BCUT2D eigenvalue weighted by atomic mass is 10.3. The molecule has 3 aromatic rings. The molecule has 3 rings (SSSR count). The van der Waals surface area contributed by atoms with Crippen molar-refractivity contribution in [3.05, 3.63) is 54.0 Å². The molecular formula is C20H20N4O8S. The van der Waals surface area contributed by atoms with E-state index in [4.69, 9.17) is 19.3 Å². The highest BCUT2D eigenvalue weighted by Crippen LogP contribution is 2.38. The van der Waals surface area contributed by atoms with E-state index >= 15 is 0 Å². The van der Waals surface area contributed by atoms with E-state index in [1.807, 2.05) is 0 Å². The molecule has 0 amide bonds. The Hall–Kier alpha value is -3.97. The molecule has 0 spiro atoms. The largest absolute Gasteiger partial charge is 0.497 e. The fourth-order valence-corrected chi connectivity index (χ4v) is 3.44. The minimum atomic E-state index is -4.29. The number of aliphatic hydroxyl groups is 1. The first-order valence-corrected chi connectivity index (χ1v) is 10.9. The molecule has 0 radical (unpaired) electrons. The number of rotatable bonds is 10. The number of aromatic nitrogens is 3. The van der Waals surface area contributed by atoms with E-state index in [0.29, 0.717) is 5.75 Å². The molecule has 0 saturated carbocycles. The number of ether oxygens (including phenoxy) is 3. The van der Waals surface area contributed by atoms with Gasteiger partial charge in [0.25, 0.3) is 15.9 Å². The molecule has 0 atom stereocenters. The van der Waals surface area contributed by atoms with Crippen molar-refractivity contribution in [3.63, 3.8) is 0 Å². The molecule has 1 aromatic carbocycles. The Morgan fingerprint density at radius 3 is 2.55 bits per heavy atom. The quantitative estimate of drug-likeness (QED) is 0.390. The third-order valence-corrected chi connectivity index (χ3v) is 5.26. The average molecular weight is 476 g/mol. The van der Waals surface area contributed by atoms with Crippen LogP contribution in [0.15, 0.2) is 47.6 Å². The number of aryl methyl sites for hydroxylation is 1. The lowest BCUT2D eigenvalue weighted by Crippen LogP contribution is -2.19. The molecule has 0 bridgehead atoms. The molecule has 0 aliphatic heterocycles. The van der Waals surface area contributed by atoms with Crippen LogP contribution < -0.4 is 18.9 Å². The van der Waals surface area contributed by atoms with E-state index in [1.165, 1.54) is 25.4 Å². The summed E-state index contributed by atoms with van der Waals surface area (Å²) in [4.78, 5) is 23.0. The van der Waals surface area contributed by atoms with Crippen LogP contribution in [0.2, 0.25) is 0 Å². The number of hydrogen-bond donors (Lipinski definition) is 3. The molecular weight excluding hydrogens is 456 g/mol. The predicted octanol–water partition coefficient (Wildman–Crippen LogP) is 1.85. The molecule has 0 saturated heterocycles. The molecule has 174 valence electrons. The lowest BCUT2D eigenvalue weighted by Gasteiger charge is -2.16. The number of pyridine rings is 1. The second-order valence-corrected chi connectivity index (χ2v) is 8.10. The van der Waals surface area contributed by atoms with Crippen molar-refractivity contribution in [3.8, 4) is 23.1 Å². The second kappa shape index (κ2) is 10.1.